The number of alkyl halides is 3. The van der Waals surface area contributed by atoms with Crippen molar-refractivity contribution in [2.75, 3.05) is 18.0 Å². The SMILES string of the molecule is O=CC1CCN(c2nccc(C(F)(F)F)n2)CC1. The average Bonchev–Trinajstić information content (AvgIpc) is 2.38. The fraction of sp³-hybridized carbons (Fsp3) is 0.545. The molecule has 0 amide bonds. The van der Waals surface area contributed by atoms with E-state index in [9.17, 15) is 18.0 Å². The second-order valence-corrected chi connectivity index (χ2v) is 4.20. The van der Waals surface area contributed by atoms with Gasteiger partial charge >= 0.3 is 6.18 Å². The molecule has 0 unspecified atom stereocenters. The lowest BCUT2D eigenvalue weighted by Gasteiger charge is -2.29. The van der Waals surface area contributed by atoms with E-state index in [0.717, 1.165) is 18.5 Å². The van der Waals surface area contributed by atoms with Gasteiger partial charge in [-0.05, 0) is 18.9 Å². The lowest BCUT2D eigenvalue weighted by atomic mass is 9.99. The Labute approximate surface area is 102 Å². The number of hydrogen-bond acceptors (Lipinski definition) is 4. The average molecular weight is 259 g/mol. The highest BCUT2D eigenvalue weighted by atomic mass is 19.4. The van der Waals surface area contributed by atoms with Gasteiger partial charge in [0, 0.05) is 25.2 Å². The second kappa shape index (κ2) is 4.91. The molecule has 1 fully saturated rings. The van der Waals surface area contributed by atoms with E-state index in [4.69, 9.17) is 0 Å². The molecule has 0 N–H and O–H groups in total. The predicted octanol–water partition coefficient (Wildman–Crippen LogP) is 1.91. The van der Waals surface area contributed by atoms with Crippen LogP contribution >= 0.6 is 0 Å². The van der Waals surface area contributed by atoms with Gasteiger partial charge in [-0.3, -0.25) is 0 Å². The molecule has 0 aromatic carbocycles. The summed E-state index contributed by atoms with van der Waals surface area (Å²) in [4.78, 5) is 19.6. The number of aldehydes is 1. The zero-order valence-corrected chi connectivity index (χ0v) is 9.52. The molecular formula is C11H12F3N3O. The number of hydrogen-bond donors (Lipinski definition) is 0. The van der Waals surface area contributed by atoms with E-state index in [1.807, 2.05) is 0 Å². The lowest BCUT2D eigenvalue weighted by molar-refractivity contribution is -0.141. The first kappa shape index (κ1) is 12.8. The van der Waals surface area contributed by atoms with Crippen LogP contribution in [-0.2, 0) is 11.0 Å². The normalized spacial score (nSPS) is 17.8. The van der Waals surface area contributed by atoms with E-state index in [0.29, 0.717) is 25.9 Å². The fourth-order valence-electron chi connectivity index (χ4n) is 1.89. The Hall–Kier alpha value is -1.66. The van der Waals surface area contributed by atoms with Gasteiger partial charge in [0.05, 0.1) is 0 Å². The number of halogens is 3. The van der Waals surface area contributed by atoms with Crippen molar-refractivity contribution in [1.82, 2.24) is 9.97 Å². The molecule has 0 radical (unpaired) electrons. The summed E-state index contributed by atoms with van der Waals surface area (Å²) in [6.45, 7) is 1.01. The minimum atomic E-state index is -4.46. The number of piperidine rings is 1. The smallest absolute Gasteiger partial charge is 0.341 e. The molecule has 1 aliphatic heterocycles. The van der Waals surface area contributed by atoms with Gasteiger partial charge in [-0.2, -0.15) is 13.2 Å². The van der Waals surface area contributed by atoms with Crippen LogP contribution in [0.4, 0.5) is 19.1 Å². The number of rotatable bonds is 2. The Balaban J connectivity index is 2.12. The molecule has 18 heavy (non-hydrogen) atoms. The van der Waals surface area contributed by atoms with Gasteiger partial charge in [-0.1, -0.05) is 0 Å². The molecule has 1 aromatic rings. The molecule has 4 nitrogen and oxygen atoms in total. The van der Waals surface area contributed by atoms with Crippen molar-refractivity contribution in [1.29, 1.82) is 0 Å². The molecule has 1 aliphatic rings. The highest BCUT2D eigenvalue weighted by molar-refractivity contribution is 5.54. The summed E-state index contributed by atoms with van der Waals surface area (Å²) in [5, 5.41) is 0. The minimum absolute atomic E-state index is 0.00736. The van der Waals surface area contributed by atoms with Crippen LogP contribution < -0.4 is 4.90 Å². The van der Waals surface area contributed by atoms with Gasteiger partial charge in [0.1, 0.15) is 12.0 Å². The molecule has 98 valence electrons. The van der Waals surface area contributed by atoms with Crippen LogP contribution in [-0.4, -0.2) is 29.3 Å². The zero-order chi connectivity index (χ0) is 13.2. The Morgan fingerprint density at radius 1 is 1.33 bits per heavy atom. The highest BCUT2D eigenvalue weighted by Gasteiger charge is 2.33. The molecule has 1 aromatic heterocycles. The van der Waals surface area contributed by atoms with E-state index in [2.05, 4.69) is 9.97 Å². The molecule has 1 saturated heterocycles. The summed E-state index contributed by atoms with van der Waals surface area (Å²) in [5.41, 5.74) is -0.940. The summed E-state index contributed by atoms with van der Waals surface area (Å²) in [6.07, 6.45) is -1.20. The summed E-state index contributed by atoms with van der Waals surface area (Å²) < 4.78 is 37.5. The Morgan fingerprint density at radius 2 is 2.00 bits per heavy atom. The number of carbonyl (C=O) groups excluding carboxylic acids is 1. The zero-order valence-electron chi connectivity index (χ0n) is 9.52. The van der Waals surface area contributed by atoms with Crippen LogP contribution in [0.3, 0.4) is 0 Å². The van der Waals surface area contributed by atoms with Crippen LogP contribution in [0, 0.1) is 5.92 Å². The summed E-state index contributed by atoms with van der Waals surface area (Å²) >= 11 is 0. The largest absolute Gasteiger partial charge is 0.433 e. The first-order valence-corrected chi connectivity index (χ1v) is 5.61. The van der Waals surface area contributed by atoms with Crippen LogP contribution in [0.5, 0.6) is 0 Å². The standard InChI is InChI=1S/C11H12F3N3O/c12-11(13,14)9-1-4-15-10(16-9)17-5-2-8(7-18)3-6-17/h1,4,7-8H,2-3,5-6H2. The highest BCUT2D eigenvalue weighted by Crippen LogP contribution is 2.28. The van der Waals surface area contributed by atoms with Crippen molar-refractivity contribution in [3.05, 3.63) is 18.0 Å². The van der Waals surface area contributed by atoms with Crippen molar-refractivity contribution in [3.63, 3.8) is 0 Å². The Kier molecular flexibility index (Phi) is 3.49. The molecule has 2 heterocycles. The topological polar surface area (TPSA) is 46.1 Å². The number of aromatic nitrogens is 2. The van der Waals surface area contributed by atoms with E-state index >= 15 is 0 Å². The first-order valence-electron chi connectivity index (χ1n) is 5.61. The van der Waals surface area contributed by atoms with E-state index in [-0.39, 0.29) is 11.9 Å². The van der Waals surface area contributed by atoms with Crippen molar-refractivity contribution >= 4 is 12.2 Å². The monoisotopic (exact) mass is 259 g/mol. The minimum Gasteiger partial charge on any atom is -0.341 e. The lowest BCUT2D eigenvalue weighted by Crippen LogP contribution is -2.35. The van der Waals surface area contributed by atoms with Crippen molar-refractivity contribution in [2.45, 2.75) is 19.0 Å². The van der Waals surface area contributed by atoms with Crippen LogP contribution in [0.1, 0.15) is 18.5 Å². The van der Waals surface area contributed by atoms with E-state index in [1.54, 1.807) is 4.90 Å². The molecule has 7 heteroatoms. The fourth-order valence-corrected chi connectivity index (χ4v) is 1.89. The quantitative estimate of drug-likeness (QED) is 0.761. The van der Waals surface area contributed by atoms with Gasteiger partial charge in [-0.15, -0.1) is 0 Å². The third-order valence-electron chi connectivity index (χ3n) is 2.95. The van der Waals surface area contributed by atoms with Gasteiger partial charge in [0.2, 0.25) is 5.95 Å². The summed E-state index contributed by atoms with van der Waals surface area (Å²) in [7, 11) is 0. The van der Waals surface area contributed by atoms with Gasteiger partial charge in [0.15, 0.2) is 0 Å². The van der Waals surface area contributed by atoms with Crippen LogP contribution in [0.15, 0.2) is 12.3 Å². The number of carbonyl (C=O) groups is 1. The maximum absolute atomic E-state index is 12.5. The van der Waals surface area contributed by atoms with E-state index < -0.39 is 11.9 Å². The van der Waals surface area contributed by atoms with Crippen molar-refractivity contribution in [3.8, 4) is 0 Å². The Morgan fingerprint density at radius 3 is 2.56 bits per heavy atom. The molecule has 2 rings (SSSR count). The summed E-state index contributed by atoms with van der Waals surface area (Å²) in [5.74, 6) is 0.0706. The second-order valence-electron chi connectivity index (χ2n) is 4.20. The van der Waals surface area contributed by atoms with Gasteiger partial charge in [0.25, 0.3) is 0 Å². The van der Waals surface area contributed by atoms with Gasteiger partial charge < -0.3 is 9.69 Å². The molecule has 0 atom stereocenters. The number of nitrogens with zero attached hydrogens (tertiary/aromatic N) is 3. The van der Waals surface area contributed by atoms with Crippen molar-refractivity contribution < 1.29 is 18.0 Å². The molecule has 0 bridgehead atoms. The third-order valence-corrected chi connectivity index (χ3v) is 2.95. The predicted molar refractivity (Wildman–Crippen MR) is 58.0 cm³/mol. The molecule has 0 spiro atoms. The van der Waals surface area contributed by atoms with Crippen LogP contribution in [0.2, 0.25) is 0 Å². The third kappa shape index (κ3) is 2.77. The first-order chi connectivity index (χ1) is 8.50. The van der Waals surface area contributed by atoms with E-state index in [1.165, 1.54) is 0 Å². The molecular weight excluding hydrogens is 247 g/mol. The van der Waals surface area contributed by atoms with Crippen molar-refractivity contribution in [2.24, 2.45) is 5.92 Å². The molecule has 0 saturated carbocycles. The van der Waals surface area contributed by atoms with Crippen LogP contribution in [0.25, 0.3) is 0 Å². The number of anilines is 1. The maximum atomic E-state index is 12.5. The maximum Gasteiger partial charge on any atom is 0.433 e. The summed E-state index contributed by atoms with van der Waals surface area (Å²) in [6, 6.07) is 0.849. The molecule has 0 aliphatic carbocycles. The van der Waals surface area contributed by atoms with Gasteiger partial charge in [-0.25, -0.2) is 9.97 Å². The Bertz CT molecular complexity index is 428.